The average Bonchev–Trinajstić information content (AvgIpc) is 2.65. The molecule has 0 saturated heterocycles. The molecule has 0 fully saturated rings. The van der Waals surface area contributed by atoms with E-state index in [1.165, 1.54) is 0 Å². The molecule has 0 aliphatic rings. The summed E-state index contributed by atoms with van der Waals surface area (Å²) in [5.74, 6) is 1.68. The van der Waals surface area contributed by atoms with Gasteiger partial charge < -0.3 is 14.4 Å². The van der Waals surface area contributed by atoms with Crippen molar-refractivity contribution in [1.82, 2.24) is 9.55 Å². The summed E-state index contributed by atoms with van der Waals surface area (Å²) in [6.45, 7) is 2.07. The maximum Gasteiger partial charge on any atom is 0.128 e. The zero-order chi connectivity index (χ0) is 14.0. The standard InChI is InChI=1S/C14H17BrN2O2/c1-9-14(17(2)13(16-9)6-7-18)11-8-10(15)4-5-12(11)19-3/h4-5,8,18H,6-7H2,1-3H3. The van der Waals surface area contributed by atoms with Crippen molar-refractivity contribution >= 4 is 15.9 Å². The number of aliphatic hydroxyl groups is 1. The molecule has 0 saturated carbocycles. The Morgan fingerprint density at radius 2 is 2.16 bits per heavy atom. The molecule has 19 heavy (non-hydrogen) atoms. The lowest BCUT2D eigenvalue weighted by Crippen LogP contribution is -2.02. The number of halogens is 1. The van der Waals surface area contributed by atoms with Gasteiger partial charge in [-0.25, -0.2) is 4.98 Å². The van der Waals surface area contributed by atoms with Crippen molar-refractivity contribution in [3.8, 4) is 17.0 Å². The Morgan fingerprint density at radius 1 is 1.42 bits per heavy atom. The Kier molecular flexibility index (Phi) is 4.27. The number of aryl methyl sites for hydroxylation is 1. The summed E-state index contributed by atoms with van der Waals surface area (Å²) in [5.41, 5.74) is 2.94. The van der Waals surface area contributed by atoms with Crippen LogP contribution in [-0.4, -0.2) is 28.4 Å². The van der Waals surface area contributed by atoms with Crippen LogP contribution in [0.3, 0.4) is 0 Å². The third-order valence-corrected chi connectivity index (χ3v) is 3.61. The van der Waals surface area contributed by atoms with Crippen LogP contribution in [0.25, 0.3) is 11.3 Å². The lowest BCUT2D eigenvalue weighted by Gasteiger charge is -2.11. The summed E-state index contributed by atoms with van der Waals surface area (Å²) in [5, 5.41) is 9.07. The molecule has 2 aromatic rings. The second-order valence-electron chi connectivity index (χ2n) is 4.34. The number of aliphatic hydroxyl groups excluding tert-OH is 1. The van der Waals surface area contributed by atoms with E-state index in [0.29, 0.717) is 6.42 Å². The maximum atomic E-state index is 9.07. The van der Waals surface area contributed by atoms with Gasteiger partial charge in [0.05, 0.1) is 25.1 Å². The molecule has 0 spiro atoms. The molecule has 5 heteroatoms. The van der Waals surface area contributed by atoms with Gasteiger partial charge in [-0.1, -0.05) is 15.9 Å². The van der Waals surface area contributed by atoms with Crippen molar-refractivity contribution in [3.63, 3.8) is 0 Å². The molecule has 0 aliphatic heterocycles. The van der Waals surface area contributed by atoms with E-state index < -0.39 is 0 Å². The van der Waals surface area contributed by atoms with Crippen molar-refractivity contribution in [3.05, 3.63) is 34.2 Å². The summed E-state index contributed by atoms with van der Waals surface area (Å²) in [6.07, 6.45) is 0.549. The first-order valence-electron chi connectivity index (χ1n) is 6.05. The largest absolute Gasteiger partial charge is 0.496 e. The van der Waals surface area contributed by atoms with Crippen LogP contribution < -0.4 is 4.74 Å². The summed E-state index contributed by atoms with van der Waals surface area (Å²) in [6, 6.07) is 5.89. The van der Waals surface area contributed by atoms with Crippen molar-refractivity contribution in [2.45, 2.75) is 13.3 Å². The summed E-state index contributed by atoms with van der Waals surface area (Å²) >= 11 is 3.48. The van der Waals surface area contributed by atoms with E-state index in [-0.39, 0.29) is 6.61 Å². The fourth-order valence-corrected chi connectivity index (χ4v) is 2.62. The Labute approximate surface area is 121 Å². The number of hydrogen-bond donors (Lipinski definition) is 1. The predicted octanol–water partition coefficient (Wildman–Crippen LogP) is 2.70. The van der Waals surface area contributed by atoms with Gasteiger partial charge in [0.25, 0.3) is 0 Å². The quantitative estimate of drug-likeness (QED) is 0.940. The number of rotatable bonds is 4. The van der Waals surface area contributed by atoms with Gasteiger partial charge in [-0.05, 0) is 25.1 Å². The normalized spacial score (nSPS) is 10.8. The van der Waals surface area contributed by atoms with E-state index in [2.05, 4.69) is 20.9 Å². The smallest absolute Gasteiger partial charge is 0.128 e. The SMILES string of the molecule is COc1ccc(Br)cc1-c1c(C)nc(CCO)n1C. The molecule has 1 aromatic carbocycles. The fourth-order valence-electron chi connectivity index (χ4n) is 2.26. The van der Waals surface area contributed by atoms with Gasteiger partial charge in [0.2, 0.25) is 0 Å². The topological polar surface area (TPSA) is 47.3 Å². The maximum absolute atomic E-state index is 9.07. The van der Waals surface area contributed by atoms with E-state index in [1.54, 1.807) is 7.11 Å². The lowest BCUT2D eigenvalue weighted by molar-refractivity contribution is 0.295. The second-order valence-corrected chi connectivity index (χ2v) is 5.25. The Morgan fingerprint density at radius 3 is 2.79 bits per heavy atom. The van der Waals surface area contributed by atoms with Crippen LogP contribution in [0.5, 0.6) is 5.75 Å². The van der Waals surface area contributed by atoms with E-state index in [9.17, 15) is 0 Å². The highest BCUT2D eigenvalue weighted by Crippen LogP contribution is 2.34. The van der Waals surface area contributed by atoms with Crippen molar-refractivity contribution in [2.75, 3.05) is 13.7 Å². The first-order chi connectivity index (χ1) is 9.08. The minimum Gasteiger partial charge on any atom is -0.496 e. The second kappa shape index (κ2) is 5.75. The van der Waals surface area contributed by atoms with Crippen LogP contribution in [0.4, 0.5) is 0 Å². The predicted molar refractivity (Wildman–Crippen MR) is 78.4 cm³/mol. The van der Waals surface area contributed by atoms with Gasteiger partial charge in [-0.15, -0.1) is 0 Å². The fraction of sp³-hybridized carbons (Fsp3) is 0.357. The van der Waals surface area contributed by atoms with Crippen LogP contribution in [0.2, 0.25) is 0 Å². The Bertz CT molecular complexity index is 593. The molecule has 0 amide bonds. The van der Waals surface area contributed by atoms with Crippen LogP contribution in [0, 0.1) is 6.92 Å². The summed E-state index contributed by atoms with van der Waals surface area (Å²) < 4.78 is 8.43. The van der Waals surface area contributed by atoms with Crippen molar-refractivity contribution < 1.29 is 9.84 Å². The molecule has 0 bridgehead atoms. The minimum absolute atomic E-state index is 0.0966. The van der Waals surface area contributed by atoms with E-state index in [1.807, 2.05) is 36.7 Å². The Balaban J connectivity index is 2.61. The molecule has 0 aliphatic carbocycles. The zero-order valence-corrected chi connectivity index (χ0v) is 12.9. The van der Waals surface area contributed by atoms with E-state index in [0.717, 1.165) is 33.0 Å². The van der Waals surface area contributed by atoms with E-state index in [4.69, 9.17) is 9.84 Å². The first-order valence-corrected chi connectivity index (χ1v) is 6.84. The van der Waals surface area contributed by atoms with Crippen LogP contribution >= 0.6 is 15.9 Å². The Hall–Kier alpha value is -1.33. The number of hydrogen-bond acceptors (Lipinski definition) is 3. The van der Waals surface area contributed by atoms with Crippen molar-refractivity contribution in [2.24, 2.45) is 7.05 Å². The number of ether oxygens (including phenoxy) is 1. The number of imidazole rings is 1. The van der Waals surface area contributed by atoms with Crippen LogP contribution in [0.1, 0.15) is 11.5 Å². The summed E-state index contributed by atoms with van der Waals surface area (Å²) in [7, 11) is 3.62. The number of benzene rings is 1. The molecular formula is C14H17BrN2O2. The van der Waals surface area contributed by atoms with Crippen LogP contribution in [-0.2, 0) is 13.5 Å². The first kappa shape index (κ1) is 14.1. The molecular weight excluding hydrogens is 308 g/mol. The van der Waals surface area contributed by atoms with Gasteiger partial charge in [0.1, 0.15) is 11.6 Å². The molecule has 2 rings (SSSR count). The van der Waals surface area contributed by atoms with Gasteiger partial charge in [0, 0.05) is 23.5 Å². The van der Waals surface area contributed by atoms with Gasteiger partial charge in [-0.3, -0.25) is 0 Å². The monoisotopic (exact) mass is 324 g/mol. The highest BCUT2D eigenvalue weighted by molar-refractivity contribution is 9.10. The molecule has 1 aromatic heterocycles. The van der Waals surface area contributed by atoms with E-state index >= 15 is 0 Å². The molecule has 0 radical (unpaired) electrons. The molecule has 102 valence electrons. The van der Waals surface area contributed by atoms with Gasteiger partial charge in [-0.2, -0.15) is 0 Å². The molecule has 0 atom stereocenters. The molecule has 4 nitrogen and oxygen atoms in total. The highest BCUT2D eigenvalue weighted by atomic mass is 79.9. The number of nitrogens with zero attached hydrogens (tertiary/aromatic N) is 2. The number of methoxy groups -OCH3 is 1. The average molecular weight is 325 g/mol. The third-order valence-electron chi connectivity index (χ3n) is 3.11. The molecule has 1 N–H and O–H groups in total. The van der Waals surface area contributed by atoms with Crippen LogP contribution in [0.15, 0.2) is 22.7 Å². The molecule has 1 heterocycles. The molecule has 0 unspecified atom stereocenters. The zero-order valence-electron chi connectivity index (χ0n) is 11.3. The van der Waals surface area contributed by atoms with Gasteiger partial charge >= 0.3 is 0 Å². The van der Waals surface area contributed by atoms with Crippen molar-refractivity contribution in [1.29, 1.82) is 0 Å². The highest BCUT2D eigenvalue weighted by Gasteiger charge is 2.16. The third kappa shape index (κ3) is 2.67. The lowest BCUT2D eigenvalue weighted by atomic mass is 10.1. The minimum atomic E-state index is 0.0966. The number of aromatic nitrogens is 2. The summed E-state index contributed by atoms with van der Waals surface area (Å²) in [4.78, 5) is 4.51. The van der Waals surface area contributed by atoms with Gasteiger partial charge in [0.15, 0.2) is 0 Å².